The predicted molar refractivity (Wildman–Crippen MR) is 104 cm³/mol. The van der Waals surface area contributed by atoms with Gasteiger partial charge in [-0.3, -0.25) is 0 Å². The predicted octanol–water partition coefficient (Wildman–Crippen LogP) is -3.98. The fourth-order valence-electron chi connectivity index (χ4n) is 3.72. The van der Waals surface area contributed by atoms with E-state index in [2.05, 4.69) is 59.8 Å². The zero-order chi connectivity index (χ0) is 17.0. The van der Waals surface area contributed by atoms with Crippen molar-refractivity contribution in [1.29, 1.82) is 0 Å². The van der Waals surface area contributed by atoms with Crippen molar-refractivity contribution in [3.05, 3.63) is 49.9 Å². The number of unbranched alkanes of at least 4 members (excludes halogenated alkanes) is 2. The molecule has 0 heterocycles. The molecular weight excluding hydrogens is 435 g/mol. The molecule has 1 aromatic rings. The molecule has 0 aliphatic heterocycles. The van der Waals surface area contributed by atoms with Gasteiger partial charge in [0.2, 0.25) is 0 Å². The zero-order valence-electron chi connectivity index (χ0n) is 17.1. The first-order valence-corrected chi connectivity index (χ1v) is 15.8. The third kappa shape index (κ3) is 6.83. The van der Waals surface area contributed by atoms with Gasteiger partial charge in [0.1, 0.15) is 0 Å². The van der Waals surface area contributed by atoms with Crippen LogP contribution in [0.2, 0.25) is 4.73 Å². The molecule has 5 heteroatoms. The number of allylic oxidation sites excluding steroid dienone is 4. The third-order valence-corrected chi connectivity index (χ3v) is 18.2. The molecule has 0 bridgehead atoms. The van der Waals surface area contributed by atoms with Crippen molar-refractivity contribution in [3.8, 4) is 0 Å². The third-order valence-electron chi connectivity index (χ3n) is 5.85. The first kappa shape index (κ1) is 28.7. The second kappa shape index (κ2) is 13.6. The van der Waals surface area contributed by atoms with Gasteiger partial charge in [0.25, 0.3) is 0 Å². The van der Waals surface area contributed by atoms with Crippen molar-refractivity contribution in [2.24, 2.45) is 0 Å². The van der Waals surface area contributed by atoms with E-state index in [1.165, 1.54) is 31.2 Å². The van der Waals surface area contributed by atoms with Crippen LogP contribution in [-0.4, -0.2) is 7.39 Å². The average molecular weight is 468 g/mol. The summed E-state index contributed by atoms with van der Waals surface area (Å²) in [6.07, 6.45) is 12.7. The number of halogens is 3. The first-order valence-electron chi connectivity index (χ1n) is 9.23. The normalized spacial score (nSPS) is 12.1. The molecule has 0 amide bonds. The van der Waals surface area contributed by atoms with Crippen molar-refractivity contribution in [1.82, 2.24) is 0 Å². The largest absolute Gasteiger partial charge is 1.00 e. The van der Waals surface area contributed by atoms with Crippen LogP contribution in [0.3, 0.4) is 0 Å². The van der Waals surface area contributed by atoms with Gasteiger partial charge in [-0.15, -0.1) is 0 Å². The molecule has 0 aromatic heterocycles. The molecule has 0 saturated heterocycles. The van der Waals surface area contributed by atoms with Gasteiger partial charge < -0.3 is 37.2 Å². The molecule has 1 aliphatic carbocycles. The van der Waals surface area contributed by atoms with Gasteiger partial charge in [-0.05, 0) is 0 Å². The van der Waals surface area contributed by atoms with Gasteiger partial charge in [-0.1, -0.05) is 0 Å². The smallest absolute Gasteiger partial charge is 1.00 e. The van der Waals surface area contributed by atoms with E-state index in [-0.39, 0.29) is 44.6 Å². The van der Waals surface area contributed by atoms with Crippen molar-refractivity contribution >= 4 is 12.6 Å². The fraction of sp³-hybridized carbons (Fsp3) is 0.524. The van der Waals surface area contributed by atoms with Gasteiger partial charge in [-0.2, -0.15) is 0 Å². The van der Waals surface area contributed by atoms with Crippen LogP contribution in [0.4, 0.5) is 0 Å². The van der Waals surface area contributed by atoms with Crippen LogP contribution in [0, 0.1) is 34.6 Å². The van der Waals surface area contributed by atoms with Crippen LogP contribution in [-0.2, 0) is 17.1 Å². The molecule has 1 aliphatic rings. The molecule has 0 N–H and O–H groups in total. The number of hydrogen-bond acceptors (Lipinski definition) is 0. The van der Waals surface area contributed by atoms with Gasteiger partial charge in [-0.25, -0.2) is 0 Å². The molecule has 0 spiro atoms. The Bertz CT molecular complexity index is 610. The van der Waals surface area contributed by atoms with Crippen LogP contribution in [0.15, 0.2) is 22.1 Å². The van der Waals surface area contributed by atoms with Crippen molar-refractivity contribution in [3.63, 3.8) is 0 Å². The molecule has 2 rings (SSSR count). The number of rotatable bonds is 7. The summed E-state index contributed by atoms with van der Waals surface area (Å²) in [6, 6.07) is 0. The summed E-state index contributed by atoms with van der Waals surface area (Å²) >= 11 is -1.04. The van der Waals surface area contributed by atoms with E-state index in [1.807, 2.05) is 9.06 Å². The van der Waals surface area contributed by atoms with Gasteiger partial charge in [0.05, 0.1) is 0 Å². The van der Waals surface area contributed by atoms with E-state index in [1.54, 1.807) is 27.0 Å². The van der Waals surface area contributed by atoms with Gasteiger partial charge >= 0.3 is 152 Å². The summed E-state index contributed by atoms with van der Waals surface area (Å²) in [5.74, 6) is 0. The Kier molecular flexibility index (Phi) is 15.1. The zero-order valence-corrected chi connectivity index (χ0v) is 22.4. The quantitative estimate of drug-likeness (QED) is 0.284. The minimum Gasteiger partial charge on any atom is -1.00 e. The molecule has 0 radical (unpaired) electrons. The fourth-order valence-corrected chi connectivity index (χ4v) is 16.8. The van der Waals surface area contributed by atoms with E-state index >= 15 is 0 Å². The first-order chi connectivity index (χ1) is 11.0. The van der Waals surface area contributed by atoms with E-state index in [0.717, 1.165) is 0 Å². The number of hydrogen-bond donors (Lipinski definition) is 0. The maximum atomic E-state index is 2.48. The summed E-state index contributed by atoms with van der Waals surface area (Å²) in [5, 5.41) is 1.82. The van der Waals surface area contributed by atoms with Gasteiger partial charge in [0, 0.05) is 0 Å². The summed E-state index contributed by atoms with van der Waals surface area (Å²) in [7, 11) is -0.113. The van der Waals surface area contributed by atoms with E-state index < -0.39 is 17.1 Å². The van der Waals surface area contributed by atoms with Crippen LogP contribution in [0.25, 0.3) is 0 Å². The minimum absolute atomic E-state index is 0. The van der Waals surface area contributed by atoms with Crippen molar-refractivity contribution in [2.45, 2.75) is 72.0 Å². The Morgan fingerprint density at radius 2 is 1.38 bits per heavy atom. The standard InChI is InChI=1S/C11H17Si.C5H5.C5H11.3ClH.Ti/c1-6-7(2)9(4)11(12)10(5)8(6)3;1-2-4-5-3-1;1-3-5-4-2;;;;/h12H2,1-5H3;1-3H,4H2;1,3-5H2,2H3;3*1H;/q;;;;;;+3/p-3. The Hall–Kier alpha value is 0.501. The second-order valence-corrected chi connectivity index (χ2v) is 17.1. The molecule has 0 fully saturated rings. The topological polar surface area (TPSA) is 0 Å². The van der Waals surface area contributed by atoms with Crippen LogP contribution < -0.4 is 42.4 Å². The Morgan fingerprint density at radius 3 is 1.85 bits per heavy atom. The average Bonchev–Trinajstić information content (AvgIpc) is 3.08. The van der Waals surface area contributed by atoms with E-state index in [9.17, 15) is 0 Å². The van der Waals surface area contributed by atoms with Crippen molar-refractivity contribution < 1.29 is 54.3 Å². The molecule has 0 atom stereocenters. The Morgan fingerprint density at radius 1 is 0.846 bits per heavy atom. The maximum absolute atomic E-state index is 2.48. The van der Waals surface area contributed by atoms with Crippen LogP contribution in [0.5, 0.6) is 0 Å². The van der Waals surface area contributed by atoms with E-state index in [0.29, 0.717) is 0 Å². The van der Waals surface area contributed by atoms with Gasteiger partial charge in [0.15, 0.2) is 0 Å². The summed E-state index contributed by atoms with van der Waals surface area (Å²) in [6.45, 7) is 14.1. The van der Waals surface area contributed by atoms with Crippen molar-refractivity contribution in [2.75, 3.05) is 0 Å². The summed E-state index contributed by atoms with van der Waals surface area (Å²) in [4.78, 5) is 0. The maximum Gasteiger partial charge on any atom is -1.00 e. The molecular formula is C21H33Cl3SiTi. The molecule has 0 saturated carbocycles. The summed E-state index contributed by atoms with van der Waals surface area (Å²) < 4.78 is 3.45. The van der Waals surface area contributed by atoms with Crippen LogP contribution in [0.1, 0.15) is 60.4 Å². The molecule has 1 aromatic carbocycles. The second-order valence-electron chi connectivity index (χ2n) is 7.17. The van der Waals surface area contributed by atoms with E-state index in [4.69, 9.17) is 0 Å². The SMILES string of the molecule is CCCC[CH2][Ti+3]([SiH2]c1c(C)c(C)c(C)c(C)c1C)[C]1=CC=CC1.[Cl-].[Cl-].[Cl-]. The number of benzene rings is 1. The minimum atomic E-state index is -1.04. The molecule has 146 valence electrons. The molecule has 26 heavy (non-hydrogen) atoms. The Balaban J connectivity index is 0. The monoisotopic (exact) mass is 466 g/mol. The Labute approximate surface area is 187 Å². The molecule has 0 unspecified atom stereocenters. The van der Waals surface area contributed by atoms with Crippen LogP contribution >= 0.6 is 0 Å². The molecule has 0 nitrogen and oxygen atoms in total. The summed E-state index contributed by atoms with van der Waals surface area (Å²) in [5.41, 5.74) is 7.89.